The quantitative estimate of drug-likeness (QED) is 0.0205. The number of unbranched alkanes of at least 4 members (excludes halogenated alkanes) is 30. The average Bonchev–Trinajstić information content (AvgIpc) is 3.34. The first-order valence-electron chi connectivity index (χ1n) is 30.1. The van der Waals surface area contributed by atoms with E-state index in [2.05, 4.69) is 74.7 Å². The summed E-state index contributed by atoms with van der Waals surface area (Å²) >= 11 is 0. The molecule has 72 heavy (non-hydrogen) atoms. The standard InChI is InChI=1S/C62H115N2O7P/c1-7-10-13-16-19-22-25-27-28-29-30-31-32-33-34-35-36-37-40-43-46-49-52-55-62(66)71-60(53-50-47-44-41-39-26-23-20-17-14-11-8-2)59(58-70-72(67,68)69-57-56-64(4,5)6)63-61(65)54-51-48-45-42-38-24-21-18-15-12-9-3/h18-19,21-22,27-28,30-31,50,53,59-60H,7-17,20,23-26,29,32-49,51-52,54-58H2,1-6H3,(H-,63,65,67,68)/p+1/b21-18-,22-19-,28-27-,31-30-,53-50-. The Labute approximate surface area is 445 Å². The highest BCUT2D eigenvalue weighted by Crippen LogP contribution is 2.43. The van der Waals surface area contributed by atoms with Crippen molar-refractivity contribution in [3.8, 4) is 0 Å². The number of rotatable bonds is 54. The summed E-state index contributed by atoms with van der Waals surface area (Å²) in [5.74, 6) is -0.518. The third kappa shape index (κ3) is 52.6. The van der Waals surface area contributed by atoms with Gasteiger partial charge in [0.05, 0.1) is 33.8 Å². The van der Waals surface area contributed by atoms with Crippen molar-refractivity contribution in [2.24, 2.45) is 0 Å². The molecular weight excluding hydrogens is 916 g/mol. The number of likely N-dealkylation sites (N-methyl/N-ethyl adjacent to an activating group) is 1. The van der Waals surface area contributed by atoms with E-state index in [9.17, 15) is 19.0 Å². The van der Waals surface area contributed by atoms with Gasteiger partial charge in [0.1, 0.15) is 19.3 Å². The number of hydrogen-bond donors (Lipinski definition) is 2. The maximum Gasteiger partial charge on any atom is 0.472 e. The molecule has 3 atom stereocenters. The van der Waals surface area contributed by atoms with Crippen molar-refractivity contribution in [1.82, 2.24) is 5.32 Å². The van der Waals surface area contributed by atoms with E-state index in [0.29, 0.717) is 17.4 Å². The van der Waals surface area contributed by atoms with E-state index in [1.807, 2.05) is 33.3 Å². The number of nitrogens with zero attached hydrogens (tertiary/aromatic N) is 1. The van der Waals surface area contributed by atoms with Crippen molar-refractivity contribution in [3.63, 3.8) is 0 Å². The van der Waals surface area contributed by atoms with Crippen LogP contribution in [0.25, 0.3) is 0 Å². The van der Waals surface area contributed by atoms with Crippen LogP contribution in [0.4, 0.5) is 0 Å². The lowest BCUT2D eigenvalue weighted by atomic mass is 10.0. The molecule has 9 nitrogen and oxygen atoms in total. The highest BCUT2D eigenvalue weighted by atomic mass is 31.2. The van der Waals surface area contributed by atoms with Gasteiger partial charge < -0.3 is 19.4 Å². The molecule has 0 spiro atoms. The Morgan fingerprint density at radius 3 is 1.35 bits per heavy atom. The Balaban J connectivity index is 5.17. The molecule has 0 heterocycles. The molecule has 3 unspecified atom stereocenters. The first-order valence-corrected chi connectivity index (χ1v) is 31.6. The Hall–Kier alpha value is -2.29. The predicted octanol–water partition coefficient (Wildman–Crippen LogP) is 18.3. The fourth-order valence-electron chi connectivity index (χ4n) is 8.46. The van der Waals surface area contributed by atoms with E-state index >= 15 is 0 Å². The van der Waals surface area contributed by atoms with Crippen LogP contribution in [0.15, 0.2) is 60.8 Å². The predicted molar refractivity (Wildman–Crippen MR) is 309 cm³/mol. The van der Waals surface area contributed by atoms with E-state index < -0.39 is 20.0 Å². The van der Waals surface area contributed by atoms with Crippen molar-refractivity contribution in [1.29, 1.82) is 0 Å². The third-order valence-electron chi connectivity index (χ3n) is 13.2. The minimum absolute atomic E-state index is 0.0371. The van der Waals surface area contributed by atoms with Gasteiger partial charge in [-0.2, -0.15) is 0 Å². The lowest BCUT2D eigenvalue weighted by Gasteiger charge is -2.27. The summed E-state index contributed by atoms with van der Waals surface area (Å²) < 4.78 is 30.6. The molecule has 0 aromatic heterocycles. The zero-order valence-electron chi connectivity index (χ0n) is 47.9. The van der Waals surface area contributed by atoms with E-state index in [1.165, 1.54) is 141 Å². The summed E-state index contributed by atoms with van der Waals surface area (Å²) in [6.07, 6.45) is 65.0. The number of esters is 1. The van der Waals surface area contributed by atoms with E-state index in [1.54, 1.807) is 0 Å². The Morgan fingerprint density at radius 1 is 0.486 bits per heavy atom. The molecule has 0 fully saturated rings. The largest absolute Gasteiger partial charge is 0.472 e. The van der Waals surface area contributed by atoms with Gasteiger partial charge in [-0.25, -0.2) is 4.57 Å². The lowest BCUT2D eigenvalue weighted by Crippen LogP contribution is -2.47. The molecule has 420 valence electrons. The molecule has 10 heteroatoms. The van der Waals surface area contributed by atoms with Gasteiger partial charge in [-0.3, -0.25) is 18.6 Å². The number of hydrogen-bond acceptors (Lipinski definition) is 6. The maximum absolute atomic E-state index is 13.5. The number of amides is 1. The van der Waals surface area contributed by atoms with Crippen molar-refractivity contribution in [3.05, 3.63) is 60.8 Å². The average molecular weight is 1030 g/mol. The first kappa shape index (κ1) is 69.7. The smallest absolute Gasteiger partial charge is 0.456 e. The number of ether oxygens (including phenoxy) is 1. The summed E-state index contributed by atoms with van der Waals surface area (Å²) in [4.78, 5) is 37.6. The summed E-state index contributed by atoms with van der Waals surface area (Å²) in [5, 5.41) is 3.04. The number of nitrogens with one attached hydrogen (secondary N) is 1. The van der Waals surface area contributed by atoms with Gasteiger partial charge in [0.2, 0.25) is 5.91 Å². The number of phosphoric ester groups is 1. The molecule has 0 saturated carbocycles. The Kier molecular flexibility index (Phi) is 50.5. The van der Waals surface area contributed by atoms with E-state index in [4.69, 9.17) is 13.8 Å². The van der Waals surface area contributed by atoms with E-state index in [0.717, 1.165) is 96.3 Å². The van der Waals surface area contributed by atoms with Gasteiger partial charge in [-0.05, 0) is 89.5 Å². The van der Waals surface area contributed by atoms with Gasteiger partial charge >= 0.3 is 13.8 Å². The molecule has 0 aliphatic carbocycles. The van der Waals surface area contributed by atoms with E-state index in [-0.39, 0.29) is 31.5 Å². The fourth-order valence-corrected chi connectivity index (χ4v) is 9.19. The van der Waals surface area contributed by atoms with Crippen LogP contribution >= 0.6 is 7.82 Å². The molecule has 0 saturated heterocycles. The molecule has 0 bridgehead atoms. The van der Waals surface area contributed by atoms with Crippen LogP contribution in [0.5, 0.6) is 0 Å². The minimum Gasteiger partial charge on any atom is -0.456 e. The van der Waals surface area contributed by atoms with Gasteiger partial charge in [-0.1, -0.05) is 230 Å². The van der Waals surface area contributed by atoms with Crippen molar-refractivity contribution < 1.29 is 37.3 Å². The fraction of sp³-hybridized carbons (Fsp3) is 0.806. The number of phosphoric acid groups is 1. The van der Waals surface area contributed by atoms with Crippen molar-refractivity contribution in [2.75, 3.05) is 40.9 Å². The van der Waals surface area contributed by atoms with Crippen LogP contribution in [0.3, 0.4) is 0 Å². The Morgan fingerprint density at radius 2 is 0.861 bits per heavy atom. The number of allylic oxidation sites excluding steroid dienone is 9. The minimum atomic E-state index is -4.45. The molecule has 0 aliphatic heterocycles. The molecule has 0 rings (SSSR count). The lowest BCUT2D eigenvalue weighted by molar-refractivity contribution is -0.870. The number of carbonyl (C=O) groups excluding carboxylic acids is 2. The van der Waals surface area contributed by atoms with Gasteiger partial charge in [-0.15, -0.1) is 0 Å². The molecule has 0 aromatic carbocycles. The third-order valence-corrected chi connectivity index (χ3v) is 14.2. The molecule has 0 aliphatic rings. The summed E-state index contributed by atoms with van der Waals surface area (Å²) in [7, 11) is 1.49. The normalized spacial score (nSPS) is 14.2. The van der Waals surface area contributed by atoms with Crippen molar-refractivity contribution >= 4 is 19.7 Å². The highest BCUT2D eigenvalue weighted by Gasteiger charge is 2.30. The second kappa shape index (κ2) is 52.2. The van der Waals surface area contributed by atoms with Crippen LogP contribution in [-0.2, 0) is 27.9 Å². The topological polar surface area (TPSA) is 111 Å². The second-order valence-electron chi connectivity index (χ2n) is 21.5. The van der Waals surface area contributed by atoms with Gasteiger partial charge in [0, 0.05) is 12.8 Å². The Bertz CT molecular complexity index is 1420. The highest BCUT2D eigenvalue weighted by molar-refractivity contribution is 7.47. The SMILES string of the molecule is CCCC/C=C\CCCCCCCC(=O)NC(COP(=O)(O)OCC[N+](C)(C)C)C(/C=C\CCCCCCCCCCCC)OC(=O)CCCCCCCCCCCC/C=C\C/C=C\C/C=C\CCCCC. The molecular formula is C62H116N2O7P+. The second-order valence-corrected chi connectivity index (χ2v) is 23.0. The summed E-state index contributed by atoms with van der Waals surface area (Å²) in [6.45, 7) is 6.94. The maximum atomic E-state index is 13.5. The molecule has 0 aromatic rings. The number of carbonyl (C=O) groups is 2. The molecule has 1 amide bonds. The summed E-state index contributed by atoms with van der Waals surface area (Å²) in [5.41, 5.74) is 0. The van der Waals surface area contributed by atoms with Crippen LogP contribution < -0.4 is 5.32 Å². The number of quaternary nitrogens is 1. The molecule has 2 N–H and O–H groups in total. The van der Waals surface area contributed by atoms with Crippen molar-refractivity contribution in [2.45, 2.75) is 283 Å². The molecule has 0 radical (unpaired) electrons. The van der Waals surface area contributed by atoms with Crippen LogP contribution in [0.2, 0.25) is 0 Å². The van der Waals surface area contributed by atoms with Crippen LogP contribution in [0, 0.1) is 0 Å². The first-order chi connectivity index (χ1) is 34.9. The van der Waals surface area contributed by atoms with Crippen LogP contribution in [0.1, 0.15) is 271 Å². The zero-order chi connectivity index (χ0) is 52.9. The van der Waals surface area contributed by atoms with Gasteiger partial charge in [0.15, 0.2) is 0 Å². The van der Waals surface area contributed by atoms with Crippen LogP contribution in [-0.4, -0.2) is 74.3 Å². The zero-order valence-corrected chi connectivity index (χ0v) is 48.8. The van der Waals surface area contributed by atoms with Gasteiger partial charge in [0.25, 0.3) is 0 Å². The monoisotopic (exact) mass is 1030 g/mol. The summed E-state index contributed by atoms with van der Waals surface area (Å²) in [6, 6.07) is -0.853.